The van der Waals surface area contributed by atoms with Crippen LogP contribution in [-0.4, -0.2) is 10.4 Å². The van der Waals surface area contributed by atoms with Crippen molar-refractivity contribution in [3.05, 3.63) is 33.3 Å². The number of halogens is 2. The third-order valence-corrected chi connectivity index (χ3v) is 1.62. The molecule has 0 fully saturated rings. The third-order valence-electron chi connectivity index (χ3n) is 1.31. The van der Waals surface area contributed by atoms with Crippen molar-refractivity contribution in [2.24, 2.45) is 0 Å². The van der Waals surface area contributed by atoms with Crippen LogP contribution < -0.4 is 4.74 Å². The number of rotatable bonds is 2. The minimum Gasteiger partial charge on any atom is -0.407 e. The molecule has 0 amide bonds. The van der Waals surface area contributed by atoms with Crippen LogP contribution in [0.2, 0.25) is 5.02 Å². The molecule has 0 saturated carbocycles. The van der Waals surface area contributed by atoms with Crippen molar-refractivity contribution >= 4 is 34.3 Å². The lowest BCUT2D eigenvalue weighted by atomic mass is 10.3. The van der Waals surface area contributed by atoms with Crippen LogP contribution in [0.3, 0.4) is 0 Å². The van der Waals surface area contributed by atoms with Crippen molar-refractivity contribution in [1.82, 2.24) is 0 Å². The van der Waals surface area contributed by atoms with E-state index in [1.54, 1.807) is 0 Å². The highest BCUT2D eigenvalue weighted by molar-refractivity contribution is 6.61. The summed E-state index contributed by atoms with van der Waals surface area (Å²) in [6.07, 6.45) is 0. The highest BCUT2D eigenvalue weighted by Crippen LogP contribution is 2.30. The topological polar surface area (TPSA) is 69.4 Å². The Kier molecular flexibility index (Phi) is 3.27. The van der Waals surface area contributed by atoms with Crippen molar-refractivity contribution < 1.29 is 14.5 Å². The summed E-state index contributed by atoms with van der Waals surface area (Å²) in [6.45, 7) is 0. The van der Waals surface area contributed by atoms with Gasteiger partial charge in [0.2, 0.25) is 5.75 Å². The second-order valence-corrected chi connectivity index (χ2v) is 2.95. The summed E-state index contributed by atoms with van der Waals surface area (Å²) in [7, 11) is 0. The summed E-state index contributed by atoms with van der Waals surface area (Å²) in [6, 6.07) is 3.57. The van der Waals surface area contributed by atoms with Gasteiger partial charge in [0, 0.05) is 28.8 Å². The van der Waals surface area contributed by atoms with E-state index in [2.05, 4.69) is 4.74 Å². The molecule has 0 saturated heterocycles. The fourth-order valence-corrected chi connectivity index (χ4v) is 1.05. The largest absolute Gasteiger partial charge is 0.409 e. The molecule has 74 valence electrons. The molecule has 0 aliphatic carbocycles. The van der Waals surface area contributed by atoms with Crippen LogP contribution in [0.4, 0.5) is 10.5 Å². The van der Waals surface area contributed by atoms with Gasteiger partial charge in [0.05, 0.1) is 4.92 Å². The second kappa shape index (κ2) is 4.26. The molecule has 0 aliphatic rings. The molecule has 0 heterocycles. The first kappa shape index (κ1) is 10.7. The Bertz CT molecular complexity index is 393. The lowest BCUT2D eigenvalue weighted by molar-refractivity contribution is -0.385. The molecule has 7 heteroatoms. The zero-order valence-electron chi connectivity index (χ0n) is 6.57. The molecular weight excluding hydrogens is 233 g/mol. The molecular formula is C7H3Cl2NO4. The number of ether oxygens (including phenoxy) is 1. The molecule has 0 bridgehead atoms. The molecule has 1 rings (SSSR count). The average molecular weight is 236 g/mol. The van der Waals surface area contributed by atoms with Crippen molar-refractivity contribution in [2.75, 3.05) is 0 Å². The van der Waals surface area contributed by atoms with Crippen LogP contribution in [0.1, 0.15) is 0 Å². The Labute approximate surface area is 88.3 Å². The SMILES string of the molecule is O=C(Cl)Oc1cc(Cl)ccc1[N+](=O)[O-]. The number of nitro benzene ring substituents is 1. The Morgan fingerprint density at radius 3 is 2.64 bits per heavy atom. The van der Waals surface area contributed by atoms with Gasteiger partial charge in [-0.05, 0) is 6.07 Å². The number of hydrogen-bond acceptors (Lipinski definition) is 4. The van der Waals surface area contributed by atoms with Gasteiger partial charge in [-0.1, -0.05) is 11.6 Å². The fourth-order valence-electron chi connectivity index (χ4n) is 0.807. The number of carbonyl (C=O) groups is 1. The number of hydrogen-bond donors (Lipinski definition) is 0. The van der Waals surface area contributed by atoms with Crippen molar-refractivity contribution in [3.8, 4) is 5.75 Å². The van der Waals surface area contributed by atoms with Crippen LogP contribution in [-0.2, 0) is 0 Å². The van der Waals surface area contributed by atoms with Gasteiger partial charge in [-0.25, -0.2) is 4.79 Å². The zero-order chi connectivity index (χ0) is 10.7. The average Bonchev–Trinajstić information content (AvgIpc) is 2.01. The predicted molar refractivity (Wildman–Crippen MR) is 50.0 cm³/mol. The van der Waals surface area contributed by atoms with Crippen LogP contribution in [0.15, 0.2) is 18.2 Å². The van der Waals surface area contributed by atoms with Gasteiger partial charge in [-0.3, -0.25) is 10.1 Å². The molecule has 0 N–H and O–H groups in total. The molecule has 14 heavy (non-hydrogen) atoms. The Balaban J connectivity index is 3.15. The van der Waals surface area contributed by atoms with Crippen molar-refractivity contribution in [2.45, 2.75) is 0 Å². The first-order valence-electron chi connectivity index (χ1n) is 3.32. The van der Waals surface area contributed by atoms with Gasteiger partial charge in [0.15, 0.2) is 0 Å². The predicted octanol–water partition coefficient (Wildman–Crippen LogP) is 2.99. The summed E-state index contributed by atoms with van der Waals surface area (Å²) in [5.74, 6) is -0.275. The van der Waals surface area contributed by atoms with E-state index in [4.69, 9.17) is 23.2 Å². The van der Waals surface area contributed by atoms with E-state index >= 15 is 0 Å². The monoisotopic (exact) mass is 235 g/mol. The smallest absolute Gasteiger partial charge is 0.407 e. The lowest BCUT2D eigenvalue weighted by Crippen LogP contribution is -2.00. The number of nitro groups is 1. The summed E-state index contributed by atoms with van der Waals surface area (Å²) < 4.78 is 4.39. The lowest BCUT2D eigenvalue weighted by Gasteiger charge is -2.00. The first-order valence-corrected chi connectivity index (χ1v) is 4.07. The fraction of sp³-hybridized carbons (Fsp3) is 0. The second-order valence-electron chi connectivity index (χ2n) is 2.21. The zero-order valence-corrected chi connectivity index (χ0v) is 8.08. The molecule has 1 aromatic rings. The van der Waals surface area contributed by atoms with Gasteiger partial charge in [0.1, 0.15) is 0 Å². The van der Waals surface area contributed by atoms with Crippen LogP contribution in [0, 0.1) is 10.1 Å². The number of carbonyl (C=O) groups excluding carboxylic acids is 1. The molecule has 5 nitrogen and oxygen atoms in total. The van der Waals surface area contributed by atoms with Crippen molar-refractivity contribution in [1.29, 1.82) is 0 Å². The quantitative estimate of drug-likeness (QED) is 0.449. The van der Waals surface area contributed by atoms with E-state index in [1.165, 1.54) is 6.07 Å². The Morgan fingerprint density at radius 1 is 1.50 bits per heavy atom. The van der Waals surface area contributed by atoms with E-state index in [9.17, 15) is 14.9 Å². The molecule has 0 atom stereocenters. The number of nitrogens with zero attached hydrogens (tertiary/aromatic N) is 1. The van der Waals surface area contributed by atoms with Crippen LogP contribution in [0.25, 0.3) is 0 Å². The molecule has 0 unspecified atom stereocenters. The maximum absolute atomic E-state index is 10.4. The molecule has 0 radical (unpaired) electrons. The first-order chi connectivity index (χ1) is 6.50. The van der Waals surface area contributed by atoms with Crippen LogP contribution >= 0.6 is 23.2 Å². The number of benzene rings is 1. The van der Waals surface area contributed by atoms with Gasteiger partial charge < -0.3 is 4.74 Å². The minimum absolute atomic E-state index is 0.212. The maximum Gasteiger partial charge on any atom is 0.409 e. The van der Waals surface area contributed by atoms with Gasteiger partial charge >= 0.3 is 11.1 Å². The van der Waals surface area contributed by atoms with Gasteiger partial charge in [-0.2, -0.15) is 0 Å². The Morgan fingerprint density at radius 2 is 2.14 bits per heavy atom. The normalized spacial score (nSPS) is 9.57. The summed E-state index contributed by atoms with van der Waals surface area (Å²) in [5, 5.41) is 10.7. The van der Waals surface area contributed by atoms with E-state index in [1.807, 2.05) is 0 Å². The highest BCUT2D eigenvalue weighted by atomic mass is 35.5. The van der Waals surface area contributed by atoms with Gasteiger partial charge in [0.25, 0.3) is 0 Å². The van der Waals surface area contributed by atoms with Gasteiger partial charge in [-0.15, -0.1) is 0 Å². The summed E-state index contributed by atoms with van der Waals surface area (Å²) in [4.78, 5) is 20.1. The van der Waals surface area contributed by atoms with E-state index < -0.39 is 10.4 Å². The maximum atomic E-state index is 10.4. The molecule has 0 aromatic heterocycles. The van der Waals surface area contributed by atoms with Crippen LogP contribution in [0.5, 0.6) is 5.75 Å². The molecule has 0 aliphatic heterocycles. The third kappa shape index (κ3) is 2.58. The Hall–Kier alpha value is -1.33. The molecule has 0 spiro atoms. The van der Waals surface area contributed by atoms with E-state index in [-0.39, 0.29) is 16.5 Å². The van der Waals surface area contributed by atoms with E-state index in [0.29, 0.717) is 0 Å². The highest BCUT2D eigenvalue weighted by Gasteiger charge is 2.17. The summed E-state index contributed by atoms with van der Waals surface area (Å²) in [5.41, 5.74) is -1.53. The summed E-state index contributed by atoms with van der Waals surface area (Å²) >= 11 is 10.5. The molecule has 1 aromatic carbocycles. The van der Waals surface area contributed by atoms with E-state index in [0.717, 1.165) is 12.1 Å². The van der Waals surface area contributed by atoms with Crippen molar-refractivity contribution in [3.63, 3.8) is 0 Å². The standard InChI is InChI=1S/C7H3Cl2NO4/c8-4-1-2-5(10(12)13)6(3-4)14-7(9)11/h1-3H. The minimum atomic E-state index is -1.16.